The van der Waals surface area contributed by atoms with Crippen LogP contribution in [0.4, 0.5) is 28.4 Å². The predicted octanol–water partition coefficient (Wildman–Crippen LogP) is 26.9. The van der Waals surface area contributed by atoms with Gasteiger partial charge in [0, 0.05) is 66.6 Å². The molecule has 103 heavy (non-hydrogen) atoms. The lowest BCUT2D eigenvalue weighted by atomic mass is 9.65. The van der Waals surface area contributed by atoms with Crippen molar-refractivity contribution in [1.82, 2.24) is 0 Å². The summed E-state index contributed by atoms with van der Waals surface area (Å²) in [5.41, 5.74) is 22.7. The van der Waals surface area contributed by atoms with Crippen molar-refractivity contribution >= 4 is 88.2 Å². The third kappa shape index (κ3) is 13.1. The number of hydrogen-bond donors (Lipinski definition) is 1. The molecule has 0 spiro atoms. The minimum Gasteiger partial charge on any atom is -0.456 e. The first-order chi connectivity index (χ1) is 51.0. The number of halogens is 1. The highest BCUT2D eigenvalue weighted by atomic mass is 79.9. The zero-order valence-corrected chi connectivity index (χ0v) is 58.1. The molecule has 492 valence electrons. The van der Waals surface area contributed by atoms with Crippen LogP contribution in [0.2, 0.25) is 0 Å². The molecule has 0 unspecified atom stereocenters. The first-order valence-corrected chi connectivity index (χ1v) is 35.7. The molecule has 5 heteroatoms. The second-order valence-electron chi connectivity index (χ2n) is 25.7. The van der Waals surface area contributed by atoms with Crippen molar-refractivity contribution < 1.29 is 8.83 Å². The van der Waals surface area contributed by atoms with Crippen LogP contribution in [-0.2, 0) is 10.8 Å². The molecule has 0 atom stereocenters. The van der Waals surface area contributed by atoms with Gasteiger partial charge in [0.15, 0.2) is 0 Å². The van der Waals surface area contributed by atoms with Gasteiger partial charge >= 0.3 is 0 Å². The van der Waals surface area contributed by atoms with Crippen LogP contribution >= 0.6 is 15.9 Å². The third-order valence-corrected chi connectivity index (χ3v) is 20.1. The number of nitrogens with zero attached hydrogens (tertiary/aromatic N) is 1. The first kappa shape index (κ1) is 64.8. The zero-order chi connectivity index (χ0) is 69.2. The van der Waals surface area contributed by atoms with Gasteiger partial charge in [0.05, 0.1) is 10.8 Å². The Kier molecular flexibility index (Phi) is 18.6. The van der Waals surface area contributed by atoms with Crippen molar-refractivity contribution in [3.63, 3.8) is 0 Å². The van der Waals surface area contributed by atoms with Gasteiger partial charge in [0.25, 0.3) is 0 Å². The van der Waals surface area contributed by atoms with E-state index in [1.807, 2.05) is 36.4 Å². The topological polar surface area (TPSA) is 41.6 Å². The summed E-state index contributed by atoms with van der Waals surface area (Å²) in [6.07, 6.45) is 0. The Labute approximate surface area is 609 Å². The monoisotopic (exact) mass is 1390 g/mol. The van der Waals surface area contributed by atoms with E-state index in [-0.39, 0.29) is 5.41 Å². The summed E-state index contributed by atoms with van der Waals surface area (Å²) < 4.78 is 13.4. The SMILES string of the molecule is Brc1ccc(C(c2ccccc2)(c2ccccc2)c2ccccc2)cc1.c1ccc(-c2ccc(N(c3ccc(C(c4ccccc4)(c4ccccc4)c4ccccc4)cc3)c3ccc4c(c3)oc3ccccc34)cc2)cc1.c1ccc(-c2ccc(Nc3ccc4c(c3)oc3ccccc34)cc2)cc1. The molecule has 0 saturated heterocycles. The number of fused-ring (bicyclic) bond motifs is 6. The largest absolute Gasteiger partial charge is 0.456 e. The Morgan fingerprint density at radius 2 is 0.485 bits per heavy atom. The Balaban J connectivity index is 0.000000132. The van der Waals surface area contributed by atoms with Crippen molar-refractivity contribution in [2.75, 3.05) is 10.2 Å². The average molecular weight is 1390 g/mol. The van der Waals surface area contributed by atoms with Crippen LogP contribution in [0.1, 0.15) is 44.5 Å². The van der Waals surface area contributed by atoms with E-state index in [1.54, 1.807) is 0 Å². The van der Waals surface area contributed by atoms with Gasteiger partial charge in [-0.05, 0) is 152 Å². The fraction of sp³-hybridized carbons (Fsp3) is 0.0204. The molecule has 0 amide bonds. The van der Waals surface area contributed by atoms with Crippen molar-refractivity contribution in [3.8, 4) is 22.3 Å². The molecule has 18 aromatic rings. The van der Waals surface area contributed by atoms with E-state index in [9.17, 15) is 0 Å². The van der Waals surface area contributed by atoms with Crippen LogP contribution in [-0.4, -0.2) is 0 Å². The Morgan fingerprint density at radius 1 is 0.214 bits per heavy atom. The smallest absolute Gasteiger partial charge is 0.137 e. The maximum absolute atomic E-state index is 6.38. The zero-order valence-electron chi connectivity index (χ0n) is 56.6. The minimum absolute atomic E-state index is 0.357. The quantitative estimate of drug-likeness (QED) is 0.104. The summed E-state index contributed by atoms with van der Waals surface area (Å²) in [5.74, 6) is 0. The highest BCUT2D eigenvalue weighted by molar-refractivity contribution is 9.10. The van der Waals surface area contributed by atoms with E-state index < -0.39 is 5.41 Å². The molecule has 0 fully saturated rings. The summed E-state index contributed by atoms with van der Waals surface area (Å²) >= 11 is 3.58. The van der Waals surface area contributed by atoms with Crippen molar-refractivity contribution in [2.24, 2.45) is 0 Å². The van der Waals surface area contributed by atoms with Crippen molar-refractivity contribution in [3.05, 3.63) is 474 Å². The summed E-state index contributed by atoms with van der Waals surface area (Å²) in [7, 11) is 0. The van der Waals surface area contributed by atoms with Gasteiger partial charge in [0.2, 0.25) is 0 Å². The molecular formula is C98H71BrN2O2. The van der Waals surface area contributed by atoms with Gasteiger partial charge in [-0.15, -0.1) is 0 Å². The van der Waals surface area contributed by atoms with Crippen LogP contribution in [0.5, 0.6) is 0 Å². The van der Waals surface area contributed by atoms with Crippen LogP contribution in [0.25, 0.3) is 66.1 Å². The number of furan rings is 2. The second-order valence-corrected chi connectivity index (χ2v) is 26.6. The van der Waals surface area contributed by atoms with E-state index in [0.29, 0.717) is 0 Å². The van der Waals surface area contributed by atoms with Crippen LogP contribution in [0.3, 0.4) is 0 Å². The van der Waals surface area contributed by atoms with Gasteiger partial charge in [-0.25, -0.2) is 0 Å². The van der Waals surface area contributed by atoms with E-state index in [1.165, 1.54) is 66.8 Å². The highest BCUT2D eigenvalue weighted by Crippen LogP contribution is 2.48. The summed E-state index contributed by atoms with van der Waals surface area (Å²) in [6.45, 7) is 0. The van der Waals surface area contributed by atoms with E-state index >= 15 is 0 Å². The molecule has 1 N–H and O–H groups in total. The Hall–Kier alpha value is -12.8. The van der Waals surface area contributed by atoms with Crippen LogP contribution in [0.15, 0.2) is 438 Å². The summed E-state index contributed by atoms with van der Waals surface area (Å²) in [6, 6.07) is 150. The molecule has 0 aliphatic carbocycles. The number of benzene rings is 16. The molecule has 16 aromatic carbocycles. The normalized spacial score (nSPS) is 11.3. The standard InChI is InChI=1S/C49H35NO.C25H19Br.C24H17NO/c1-5-15-36(16-6-1)37-25-29-42(30-26-37)50(44-33-34-46-45-23-13-14-24-47(45)51-48(46)35-44)43-31-27-41(28-32-43)49(38-17-7-2-8-18-38,39-19-9-3-10-20-39)40-21-11-4-12-22-40;26-24-18-16-23(17-19-24)25(20-10-4-1-5-11-20,21-12-6-2-7-13-21)22-14-8-3-9-15-22;1-2-6-17(7-3-1)18-10-12-19(13-11-18)25-20-14-15-22-21-8-4-5-9-23(21)26-24(22)16-20/h1-35H;1-19H;1-16,25H. The van der Waals surface area contributed by atoms with Gasteiger partial charge < -0.3 is 19.1 Å². The molecule has 0 radical (unpaired) electrons. The van der Waals surface area contributed by atoms with Crippen molar-refractivity contribution in [1.29, 1.82) is 0 Å². The second kappa shape index (κ2) is 29.6. The maximum atomic E-state index is 6.38. The fourth-order valence-corrected chi connectivity index (χ4v) is 15.0. The molecule has 4 nitrogen and oxygen atoms in total. The Bertz CT molecular complexity index is 5590. The number of anilines is 5. The molecule has 0 bridgehead atoms. The lowest BCUT2D eigenvalue weighted by Gasteiger charge is -2.37. The number of hydrogen-bond acceptors (Lipinski definition) is 4. The molecule has 0 aliphatic heterocycles. The highest BCUT2D eigenvalue weighted by Gasteiger charge is 2.40. The lowest BCUT2D eigenvalue weighted by molar-refractivity contribution is 0.668. The van der Waals surface area contributed by atoms with Gasteiger partial charge in [-0.3, -0.25) is 0 Å². The van der Waals surface area contributed by atoms with Crippen LogP contribution < -0.4 is 10.2 Å². The first-order valence-electron chi connectivity index (χ1n) is 34.9. The van der Waals surface area contributed by atoms with Gasteiger partial charge in [0.1, 0.15) is 22.3 Å². The van der Waals surface area contributed by atoms with E-state index in [2.05, 4.69) is 414 Å². The average Bonchev–Trinajstić information content (AvgIpc) is 1.67. The molecular weight excluding hydrogens is 1320 g/mol. The molecule has 2 heterocycles. The number of nitrogens with one attached hydrogen (secondary N) is 1. The third-order valence-electron chi connectivity index (χ3n) is 19.6. The molecule has 0 aliphatic rings. The molecule has 0 saturated carbocycles. The summed E-state index contributed by atoms with van der Waals surface area (Å²) in [5, 5.41) is 8.00. The van der Waals surface area contributed by atoms with Gasteiger partial charge in [-0.2, -0.15) is 0 Å². The Morgan fingerprint density at radius 3 is 0.883 bits per heavy atom. The lowest BCUT2D eigenvalue weighted by Crippen LogP contribution is -2.31. The van der Waals surface area contributed by atoms with Crippen molar-refractivity contribution in [2.45, 2.75) is 10.8 Å². The van der Waals surface area contributed by atoms with E-state index in [4.69, 9.17) is 8.83 Å². The number of rotatable bonds is 15. The van der Waals surface area contributed by atoms with Gasteiger partial charge in [-0.1, -0.05) is 344 Å². The summed E-state index contributed by atoms with van der Waals surface area (Å²) in [4.78, 5) is 2.32. The molecule has 18 rings (SSSR count). The fourth-order valence-electron chi connectivity index (χ4n) is 14.8. The predicted molar refractivity (Wildman–Crippen MR) is 433 cm³/mol. The minimum atomic E-state index is -0.516. The van der Waals surface area contributed by atoms with Crippen LogP contribution in [0, 0.1) is 0 Å². The van der Waals surface area contributed by atoms with E-state index in [0.717, 1.165) is 76.8 Å². The molecule has 2 aromatic heterocycles. The maximum Gasteiger partial charge on any atom is 0.137 e. The number of para-hydroxylation sites is 2.